The lowest BCUT2D eigenvalue weighted by atomic mass is 10.1. The monoisotopic (exact) mass is 455 g/mol. The second-order valence-corrected chi connectivity index (χ2v) is 8.20. The molecule has 0 unspecified atom stereocenters. The lowest BCUT2D eigenvalue weighted by molar-refractivity contribution is -0.138. The van der Waals surface area contributed by atoms with Crippen LogP contribution in [0.5, 0.6) is 0 Å². The van der Waals surface area contributed by atoms with Crippen molar-refractivity contribution in [1.29, 1.82) is 0 Å². The Balaban J connectivity index is 1.35. The number of anilines is 2. The van der Waals surface area contributed by atoms with Crippen LogP contribution in [0.25, 0.3) is 11.0 Å². The minimum Gasteiger partial charge on any atom is -0.383 e. The van der Waals surface area contributed by atoms with Crippen molar-refractivity contribution in [2.45, 2.75) is 31.5 Å². The molecule has 1 aliphatic carbocycles. The van der Waals surface area contributed by atoms with Gasteiger partial charge < -0.3 is 20.5 Å². The van der Waals surface area contributed by atoms with Gasteiger partial charge in [-0.25, -0.2) is 15.0 Å². The Hall–Kier alpha value is -3.01. The van der Waals surface area contributed by atoms with E-state index in [0.717, 1.165) is 6.42 Å². The zero-order valence-corrected chi connectivity index (χ0v) is 16.9. The number of piperidine rings is 1. The Bertz CT molecular complexity index is 1130. The molecule has 3 atom stereocenters. The average molecular weight is 456 g/mol. The molecule has 3 aromatic rings. The number of pyridine rings is 1. The van der Waals surface area contributed by atoms with E-state index in [-0.39, 0.29) is 24.4 Å². The van der Waals surface area contributed by atoms with Crippen molar-refractivity contribution < 1.29 is 9.59 Å². The van der Waals surface area contributed by atoms with Crippen LogP contribution in [0.2, 0.25) is 0 Å². The Morgan fingerprint density at radius 2 is 2.10 bits per heavy atom. The predicted octanol–water partition coefficient (Wildman–Crippen LogP) is 1.80. The van der Waals surface area contributed by atoms with Crippen LogP contribution in [0.3, 0.4) is 0 Å². The van der Waals surface area contributed by atoms with E-state index in [1.165, 1.54) is 6.33 Å². The van der Waals surface area contributed by atoms with Gasteiger partial charge in [0.25, 0.3) is 0 Å². The molecule has 2 amide bonds. The van der Waals surface area contributed by atoms with Gasteiger partial charge in [0, 0.05) is 12.2 Å². The first-order valence-corrected chi connectivity index (χ1v) is 10.1. The Kier molecular flexibility index (Phi) is 4.23. The van der Waals surface area contributed by atoms with Crippen molar-refractivity contribution in [3.8, 4) is 0 Å². The number of carbonyl (C=O) groups excluding carboxylic acids is 2. The molecule has 3 aromatic heterocycles. The van der Waals surface area contributed by atoms with Crippen LogP contribution < -0.4 is 11.1 Å². The normalized spacial score (nSPS) is 22.5. The molecular formula is C19H18BrN7O2. The summed E-state index contributed by atoms with van der Waals surface area (Å²) < 4.78 is 2.38. The molecule has 148 valence electrons. The fraction of sp³-hybridized carbons (Fsp3) is 0.316. The molecule has 29 heavy (non-hydrogen) atoms. The summed E-state index contributed by atoms with van der Waals surface area (Å²) in [5.41, 5.74) is 6.48. The van der Waals surface area contributed by atoms with Crippen LogP contribution in [-0.2, 0) is 16.1 Å². The summed E-state index contributed by atoms with van der Waals surface area (Å²) in [7, 11) is 0. The van der Waals surface area contributed by atoms with Crippen LogP contribution in [0.1, 0.15) is 12.8 Å². The highest BCUT2D eigenvalue weighted by molar-refractivity contribution is 9.10. The van der Waals surface area contributed by atoms with Gasteiger partial charge in [0.15, 0.2) is 0 Å². The highest BCUT2D eigenvalue weighted by Gasteiger charge is 2.56. The first-order chi connectivity index (χ1) is 14.0. The molecule has 1 saturated heterocycles. The lowest BCUT2D eigenvalue weighted by Crippen LogP contribution is -2.46. The van der Waals surface area contributed by atoms with Gasteiger partial charge in [-0.2, -0.15) is 0 Å². The Morgan fingerprint density at radius 3 is 2.93 bits per heavy atom. The van der Waals surface area contributed by atoms with Crippen molar-refractivity contribution in [2.24, 2.45) is 5.92 Å². The summed E-state index contributed by atoms with van der Waals surface area (Å²) in [5, 5.41) is 3.54. The number of rotatable bonds is 4. The fourth-order valence-electron chi connectivity index (χ4n) is 4.11. The Morgan fingerprint density at radius 1 is 1.24 bits per heavy atom. The van der Waals surface area contributed by atoms with Gasteiger partial charge in [0.1, 0.15) is 40.8 Å². The lowest BCUT2D eigenvalue weighted by Gasteiger charge is -2.27. The van der Waals surface area contributed by atoms with E-state index in [4.69, 9.17) is 5.73 Å². The van der Waals surface area contributed by atoms with Crippen LogP contribution in [0, 0.1) is 5.92 Å². The first kappa shape index (κ1) is 18.0. The third-order valence-electron chi connectivity index (χ3n) is 5.55. The number of hydrogen-bond donors (Lipinski definition) is 2. The number of nitrogens with one attached hydrogen (secondary N) is 1. The van der Waals surface area contributed by atoms with Crippen LogP contribution in [0.15, 0.2) is 41.4 Å². The number of nitrogen functional groups attached to an aromatic ring is 1. The summed E-state index contributed by atoms with van der Waals surface area (Å²) >= 11 is 3.30. The Labute approximate surface area is 174 Å². The van der Waals surface area contributed by atoms with Crippen molar-refractivity contribution in [3.05, 3.63) is 41.4 Å². The quantitative estimate of drug-likeness (QED) is 0.578. The SMILES string of the molecule is Nc1ncnc2c1ccn2CC(=O)N1[C@@H]2C[C@@H]2C[C@H]1C(=O)Nc1cccc(Br)n1. The van der Waals surface area contributed by atoms with Gasteiger partial charge in [0.05, 0.1) is 5.39 Å². The van der Waals surface area contributed by atoms with E-state index in [1.807, 2.05) is 0 Å². The molecule has 0 spiro atoms. The molecule has 3 N–H and O–H groups in total. The highest BCUT2D eigenvalue weighted by Crippen LogP contribution is 2.48. The number of halogens is 1. The molecule has 9 nitrogen and oxygen atoms in total. The predicted molar refractivity (Wildman–Crippen MR) is 110 cm³/mol. The third-order valence-corrected chi connectivity index (χ3v) is 6.00. The van der Waals surface area contributed by atoms with Gasteiger partial charge in [-0.15, -0.1) is 0 Å². The maximum atomic E-state index is 13.1. The number of amides is 2. The fourth-order valence-corrected chi connectivity index (χ4v) is 4.46. The molecule has 0 radical (unpaired) electrons. The number of likely N-dealkylation sites (tertiary alicyclic amines) is 1. The van der Waals surface area contributed by atoms with E-state index >= 15 is 0 Å². The van der Waals surface area contributed by atoms with Gasteiger partial charge in [-0.05, 0) is 52.9 Å². The summed E-state index contributed by atoms with van der Waals surface area (Å²) in [4.78, 5) is 40.2. The van der Waals surface area contributed by atoms with E-state index in [2.05, 4.69) is 36.2 Å². The van der Waals surface area contributed by atoms with E-state index < -0.39 is 6.04 Å². The van der Waals surface area contributed by atoms with E-state index in [1.54, 1.807) is 39.9 Å². The zero-order chi connectivity index (χ0) is 20.1. The number of hydrogen-bond acceptors (Lipinski definition) is 6. The smallest absolute Gasteiger partial charge is 0.248 e. The minimum atomic E-state index is -0.492. The molecule has 0 bridgehead atoms. The van der Waals surface area contributed by atoms with Gasteiger partial charge in [0.2, 0.25) is 11.8 Å². The number of fused-ring (bicyclic) bond motifs is 2. The van der Waals surface area contributed by atoms with Gasteiger partial charge in [-0.1, -0.05) is 6.07 Å². The van der Waals surface area contributed by atoms with Gasteiger partial charge in [-0.3, -0.25) is 9.59 Å². The standard InChI is InChI=1S/C19H18BrN7O2/c20-14-2-1-3-15(24-14)25-19(29)13-7-10-6-12(10)27(13)16(28)8-26-5-4-11-17(21)22-9-23-18(11)26/h1-5,9-10,12-13H,6-8H2,(H2,21,22,23)(H,24,25,29)/t10-,12-,13+/m1/s1. The molecule has 4 heterocycles. The summed E-state index contributed by atoms with van der Waals surface area (Å²) in [6.45, 7) is 0.0993. The second kappa shape index (κ2) is 6.80. The number of aromatic nitrogens is 4. The minimum absolute atomic E-state index is 0.0993. The van der Waals surface area contributed by atoms with Gasteiger partial charge >= 0.3 is 0 Å². The summed E-state index contributed by atoms with van der Waals surface area (Å²) in [5.74, 6) is 0.918. The maximum absolute atomic E-state index is 13.1. The largest absolute Gasteiger partial charge is 0.383 e. The molecule has 1 aliphatic heterocycles. The second-order valence-electron chi connectivity index (χ2n) is 7.39. The van der Waals surface area contributed by atoms with Crippen LogP contribution >= 0.6 is 15.9 Å². The molecular weight excluding hydrogens is 438 g/mol. The summed E-state index contributed by atoms with van der Waals surface area (Å²) in [6.07, 6.45) is 4.78. The molecule has 2 fully saturated rings. The molecule has 1 saturated carbocycles. The van der Waals surface area contributed by atoms with Crippen molar-refractivity contribution in [2.75, 3.05) is 11.1 Å². The maximum Gasteiger partial charge on any atom is 0.248 e. The zero-order valence-electron chi connectivity index (χ0n) is 15.3. The first-order valence-electron chi connectivity index (χ1n) is 9.31. The number of nitrogens with two attached hydrogens (primary N) is 1. The van der Waals surface area contributed by atoms with Crippen molar-refractivity contribution in [3.63, 3.8) is 0 Å². The molecule has 0 aromatic carbocycles. The summed E-state index contributed by atoms with van der Waals surface area (Å²) in [6, 6.07) is 6.75. The molecule has 10 heteroatoms. The highest BCUT2D eigenvalue weighted by atomic mass is 79.9. The van der Waals surface area contributed by atoms with Crippen molar-refractivity contribution in [1.82, 2.24) is 24.4 Å². The van der Waals surface area contributed by atoms with Crippen LogP contribution in [0.4, 0.5) is 11.6 Å². The third kappa shape index (κ3) is 3.23. The average Bonchev–Trinajstić information content (AvgIpc) is 3.15. The number of nitrogens with zero attached hydrogens (tertiary/aromatic N) is 5. The number of carbonyl (C=O) groups is 2. The molecule has 5 rings (SSSR count). The topological polar surface area (TPSA) is 119 Å². The van der Waals surface area contributed by atoms with E-state index in [0.29, 0.717) is 39.6 Å². The van der Waals surface area contributed by atoms with Crippen LogP contribution in [-0.4, -0.2) is 48.3 Å². The van der Waals surface area contributed by atoms with E-state index in [9.17, 15) is 9.59 Å². The molecule has 2 aliphatic rings. The van der Waals surface area contributed by atoms with Crippen molar-refractivity contribution >= 4 is 50.4 Å².